The minimum Gasteiger partial charge on any atom is -0.334 e. The Morgan fingerprint density at radius 2 is 1.48 bits per heavy atom. The third kappa shape index (κ3) is 4.01. The van der Waals surface area contributed by atoms with Gasteiger partial charge in [-0.1, -0.05) is 91.9 Å². The number of hydrogen-bond donors (Lipinski definition) is 0. The monoisotopic (exact) mass is 665 g/mol. The Balaban J connectivity index is 1.22. The molecule has 5 nitrogen and oxygen atoms in total. The first-order chi connectivity index (χ1) is 25.6. The fourth-order valence-corrected chi connectivity index (χ4v) is 9.43. The van der Waals surface area contributed by atoms with Crippen LogP contribution in [0.3, 0.4) is 0 Å². The van der Waals surface area contributed by atoms with Crippen molar-refractivity contribution in [3.8, 4) is 46.1 Å². The van der Waals surface area contributed by atoms with Gasteiger partial charge < -0.3 is 9.47 Å². The van der Waals surface area contributed by atoms with Gasteiger partial charge in [0, 0.05) is 56.6 Å². The zero-order valence-corrected chi connectivity index (χ0v) is 28.5. The number of rotatable bonds is 4. The average Bonchev–Trinajstić information content (AvgIpc) is 3.60. The molecule has 0 bridgehead atoms. The summed E-state index contributed by atoms with van der Waals surface area (Å²) < 4.78 is 2.30. The van der Waals surface area contributed by atoms with Crippen LogP contribution in [0.1, 0.15) is 24.5 Å². The molecule has 3 aliphatic carbocycles. The molecule has 1 saturated carbocycles. The predicted molar refractivity (Wildman–Crippen MR) is 206 cm³/mol. The molecule has 4 atom stereocenters. The maximum absolute atomic E-state index is 10.4. The maximum Gasteiger partial charge on any atom is 0.0998 e. The Morgan fingerprint density at radius 3 is 2.33 bits per heavy atom. The quantitative estimate of drug-likeness (QED) is 0.188. The third-order valence-electron chi connectivity index (χ3n) is 11.6. The van der Waals surface area contributed by atoms with Crippen LogP contribution in [0, 0.1) is 51.7 Å². The summed E-state index contributed by atoms with van der Waals surface area (Å²) in [5.74, 6) is 0.883. The Hall–Kier alpha value is -6.87. The van der Waals surface area contributed by atoms with Gasteiger partial charge in [-0.15, -0.1) is 0 Å². The first-order valence-electron chi connectivity index (χ1n) is 17.8. The van der Waals surface area contributed by atoms with Crippen LogP contribution in [0.25, 0.3) is 49.7 Å². The summed E-state index contributed by atoms with van der Waals surface area (Å²) in [4.78, 5) is 2.56. The normalized spacial score (nSPS) is 22.3. The number of para-hydroxylation sites is 2. The molecule has 0 N–H and O–H groups in total. The molecular weight excluding hydrogens is 635 g/mol. The van der Waals surface area contributed by atoms with Crippen LogP contribution in [-0.4, -0.2) is 10.1 Å². The van der Waals surface area contributed by atoms with E-state index in [0.717, 1.165) is 67.4 Å². The summed E-state index contributed by atoms with van der Waals surface area (Å²) in [5, 5.41) is 32.0. The lowest BCUT2D eigenvalue weighted by molar-refractivity contribution is 0.610. The molecule has 244 valence electrons. The lowest BCUT2D eigenvalue weighted by Crippen LogP contribution is -2.38. The van der Waals surface area contributed by atoms with Crippen molar-refractivity contribution in [2.45, 2.75) is 18.9 Å². The van der Waals surface area contributed by atoms with Gasteiger partial charge in [0.2, 0.25) is 0 Å². The molecule has 5 heteroatoms. The van der Waals surface area contributed by atoms with E-state index >= 15 is 0 Å². The Morgan fingerprint density at radius 1 is 0.692 bits per heavy atom. The maximum atomic E-state index is 10.4. The molecule has 0 saturated heterocycles. The number of aromatic nitrogens is 1. The third-order valence-corrected chi connectivity index (χ3v) is 11.6. The number of allylic oxidation sites excluding steroid dienone is 5. The molecule has 0 radical (unpaired) electrons. The summed E-state index contributed by atoms with van der Waals surface area (Å²) in [6, 6.07) is 44.5. The molecule has 1 fully saturated rings. The highest BCUT2D eigenvalue weighted by Crippen LogP contribution is 2.70. The van der Waals surface area contributed by atoms with Gasteiger partial charge in [-0.3, -0.25) is 0 Å². The number of nitrogens with zero attached hydrogens (tertiary/aromatic N) is 5. The molecule has 52 heavy (non-hydrogen) atoms. The molecule has 1 aromatic heterocycles. The highest BCUT2D eigenvalue weighted by atomic mass is 15.3. The summed E-state index contributed by atoms with van der Waals surface area (Å²) in [7, 11) is 0. The second-order valence-corrected chi connectivity index (χ2v) is 14.3. The molecule has 1 spiro atoms. The summed E-state index contributed by atoms with van der Waals surface area (Å²) in [5.41, 5.74) is 12.6. The smallest absolute Gasteiger partial charge is 0.0998 e. The largest absolute Gasteiger partial charge is 0.334 e. The molecule has 4 aliphatic rings. The van der Waals surface area contributed by atoms with Crippen LogP contribution in [-0.2, 0) is 0 Å². The van der Waals surface area contributed by atoms with Crippen molar-refractivity contribution in [2.75, 3.05) is 4.90 Å². The number of benzene rings is 5. The first kappa shape index (κ1) is 30.0. The standard InChI is InChI=1S/C47H31N5/c1-29-9-8-14-38-45-41-24-31(27-49)21-22-47(41,45)52(46(29)38)33-18-19-35(39(25-33)34-11-3-2-10-32(34)28-50)36-12-4-6-15-42(36)51-43-16-7-5-13-37(43)40-23-30(26-48)17-20-44(40)51/h2-8,10-25,29,41,45H,9H2,1H3. The predicted octanol–water partition coefficient (Wildman–Crippen LogP) is 10.5. The van der Waals surface area contributed by atoms with E-state index in [2.05, 4.69) is 126 Å². The Bertz CT molecular complexity index is 2810. The van der Waals surface area contributed by atoms with Crippen molar-refractivity contribution < 1.29 is 0 Å². The van der Waals surface area contributed by atoms with E-state index in [0.29, 0.717) is 23.0 Å². The minimum atomic E-state index is -0.245. The van der Waals surface area contributed by atoms with Crippen LogP contribution < -0.4 is 4.90 Å². The number of hydrogen-bond acceptors (Lipinski definition) is 4. The van der Waals surface area contributed by atoms with Crippen molar-refractivity contribution >= 4 is 27.5 Å². The van der Waals surface area contributed by atoms with E-state index in [4.69, 9.17) is 0 Å². The number of nitriles is 3. The second-order valence-electron chi connectivity index (χ2n) is 14.3. The van der Waals surface area contributed by atoms with Gasteiger partial charge in [-0.25, -0.2) is 0 Å². The average molecular weight is 666 g/mol. The van der Waals surface area contributed by atoms with Gasteiger partial charge in [0.1, 0.15) is 0 Å². The van der Waals surface area contributed by atoms with Crippen molar-refractivity contribution in [1.82, 2.24) is 4.57 Å². The van der Waals surface area contributed by atoms with Crippen LogP contribution in [0.4, 0.5) is 5.69 Å². The van der Waals surface area contributed by atoms with Gasteiger partial charge in [-0.2, -0.15) is 15.8 Å². The van der Waals surface area contributed by atoms with Crippen LogP contribution in [0.5, 0.6) is 0 Å². The molecule has 2 heterocycles. The topological polar surface area (TPSA) is 79.5 Å². The van der Waals surface area contributed by atoms with Crippen molar-refractivity contribution in [3.05, 3.63) is 168 Å². The van der Waals surface area contributed by atoms with Crippen molar-refractivity contribution in [3.63, 3.8) is 0 Å². The lowest BCUT2D eigenvalue weighted by Gasteiger charge is -2.37. The van der Waals surface area contributed by atoms with Crippen LogP contribution in [0.15, 0.2) is 156 Å². The highest BCUT2D eigenvalue weighted by Gasteiger charge is 2.72. The molecular formula is C47H31N5. The van der Waals surface area contributed by atoms with E-state index in [1.165, 1.54) is 11.3 Å². The van der Waals surface area contributed by atoms with Gasteiger partial charge in [0.05, 0.1) is 51.6 Å². The molecule has 4 unspecified atom stereocenters. The fraction of sp³-hybridized carbons (Fsp3) is 0.128. The van der Waals surface area contributed by atoms with E-state index in [1.54, 1.807) is 0 Å². The van der Waals surface area contributed by atoms with Gasteiger partial charge in [-0.05, 0) is 77.7 Å². The SMILES string of the molecule is CC1CC=CC2=C1N(c1ccc(-c3ccccc3-n3c4ccccc4c4cc(C#N)ccc43)c(-c3ccccc3C#N)c1)C13C=CC(C#N)=CC1C23. The molecule has 0 amide bonds. The molecule has 1 aliphatic heterocycles. The summed E-state index contributed by atoms with van der Waals surface area (Å²) in [6.45, 7) is 2.31. The zero-order valence-electron chi connectivity index (χ0n) is 28.5. The minimum absolute atomic E-state index is 0.230. The van der Waals surface area contributed by atoms with E-state index in [-0.39, 0.29) is 11.5 Å². The van der Waals surface area contributed by atoms with E-state index in [9.17, 15) is 15.8 Å². The highest BCUT2D eigenvalue weighted by molar-refractivity contribution is 6.10. The molecule has 5 aromatic carbocycles. The molecule has 6 aromatic rings. The Kier molecular flexibility index (Phi) is 6.38. The summed E-state index contributed by atoms with van der Waals surface area (Å²) >= 11 is 0. The summed E-state index contributed by atoms with van der Waals surface area (Å²) in [6.07, 6.45) is 12.0. The van der Waals surface area contributed by atoms with Gasteiger partial charge >= 0.3 is 0 Å². The van der Waals surface area contributed by atoms with Gasteiger partial charge in [0.25, 0.3) is 0 Å². The second kappa shape index (κ2) is 11.1. The fourth-order valence-electron chi connectivity index (χ4n) is 9.43. The van der Waals surface area contributed by atoms with E-state index < -0.39 is 0 Å². The Labute approximate surface area is 302 Å². The van der Waals surface area contributed by atoms with E-state index in [1.807, 2.05) is 48.5 Å². The number of anilines is 1. The van der Waals surface area contributed by atoms with Crippen LogP contribution >= 0.6 is 0 Å². The van der Waals surface area contributed by atoms with Gasteiger partial charge in [0.15, 0.2) is 0 Å². The lowest BCUT2D eigenvalue weighted by atomic mass is 9.88. The first-order valence-corrected chi connectivity index (χ1v) is 17.8. The van der Waals surface area contributed by atoms with Crippen molar-refractivity contribution in [2.24, 2.45) is 17.8 Å². The van der Waals surface area contributed by atoms with Crippen LogP contribution in [0.2, 0.25) is 0 Å². The number of fused-ring (bicyclic) bond motifs is 5. The zero-order chi connectivity index (χ0) is 35.1. The van der Waals surface area contributed by atoms with Crippen molar-refractivity contribution in [1.29, 1.82) is 15.8 Å². The molecule has 10 rings (SSSR count).